The molecule has 0 aromatic heterocycles. The number of hydrogen-bond acceptors (Lipinski definition) is 4. The van der Waals surface area contributed by atoms with Crippen LogP contribution in [0.5, 0.6) is 0 Å². The second kappa shape index (κ2) is 9.80. The SMILES string of the molecule is CCCCCCCC[C@H]1CC[C@H]2[C@@H]3[C@H](O)C[C@@]4(O)[C@@H](OC(C)=O)CCC[C@]4(C)[C@H]3CC[C@]12C. The monoisotopic (exact) mass is 462 g/mol. The number of aliphatic hydroxyl groups is 2. The summed E-state index contributed by atoms with van der Waals surface area (Å²) in [5, 5.41) is 23.5. The average molecular weight is 463 g/mol. The van der Waals surface area contributed by atoms with Gasteiger partial charge >= 0.3 is 5.97 Å². The zero-order valence-electron chi connectivity index (χ0n) is 21.8. The van der Waals surface area contributed by atoms with Crippen molar-refractivity contribution in [1.29, 1.82) is 0 Å². The maximum absolute atomic E-state index is 12.0. The van der Waals surface area contributed by atoms with Gasteiger partial charge in [0.05, 0.1) is 6.10 Å². The highest BCUT2D eigenvalue weighted by Crippen LogP contribution is 2.69. The summed E-state index contributed by atoms with van der Waals surface area (Å²) < 4.78 is 5.66. The molecule has 0 amide bonds. The highest BCUT2D eigenvalue weighted by atomic mass is 16.6. The van der Waals surface area contributed by atoms with Crippen LogP contribution in [0.1, 0.15) is 124 Å². The van der Waals surface area contributed by atoms with Crippen molar-refractivity contribution in [1.82, 2.24) is 0 Å². The maximum Gasteiger partial charge on any atom is 0.303 e. The highest BCUT2D eigenvalue weighted by Gasteiger charge is 2.68. The van der Waals surface area contributed by atoms with Crippen LogP contribution in [-0.4, -0.2) is 34.0 Å². The first kappa shape index (κ1) is 25.5. The molecule has 2 N–H and O–H groups in total. The molecule has 4 saturated carbocycles. The molecule has 0 aliphatic heterocycles. The molecule has 0 aromatic rings. The zero-order valence-corrected chi connectivity index (χ0v) is 21.8. The van der Waals surface area contributed by atoms with E-state index in [0.717, 1.165) is 25.2 Å². The van der Waals surface area contributed by atoms with Crippen LogP contribution in [0, 0.1) is 34.5 Å². The molecule has 33 heavy (non-hydrogen) atoms. The third kappa shape index (κ3) is 4.30. The molecule has 4 rings (SSSR count). The Morgan fingerprint density at radius 3 is 2.42 bits per heavy atom. The van der Waals surface area contributed by atoms with Crippen LogP contribution in [0.15, 0.2) is 0 Å². The summed E-state index contributed by atoms with van der Waals surface area (Å²) in [5.41, 5.74) is -1.06. The number of unbranched alkanes of at least 4 members (excludes halogenated alkanes) is 5. The average Bonchev–Trinajstić information content (AvgIpc) is 3.08. The normalized spacial score (nSPS) is 46.8. The van der Waals surface area contributed by atoms with Gasteiger partial charge in [-0.25, -0.2) is 0 Å². The van der Waals surface area contributed by atoms with Crippen molar-refractivity contribution in [2.75, 3.05) is 0 Å². The summed E-state index contributed by atoms with van der Waals surface area (Å²) in [6.45, 7) is 8.49. The number of carbonyl (C=O) groups is 1. The van der Waals surface area contributed by atoms with E-state index in [1.54, 1.807) is 0 Å². The number of aliphatic hydroxyl groups excluding tert-OH is 1. The summed E-state index contributed by atoms with van der Waals surface area (Å²) in [4.78, 5) is 11.8. The first-order valence-corrected chi connectivity index (χ1v) is 14.2. The van der Waals surface area contributed by atoms with Crippen molar-refractivity contribution in [3.63, 3.8) is 0 Å². The van der Waals surface area contributed by atoms with Crippen LogP contribution in [0.3, 0.4) is 0 Å². The van der Waals surface area contributed by atoms with Crippen LogP contribution >= 0.6 is 0 Å². The van der Waals surface area contributed by atoms with Gasteiger partial charge in [-0.1, -0.05) is 59.3 Å². The lowest BCUT2D eigenvalue weighted by Crippen LogP contribution is -2.70. The Kier molecular flexibility index (Phi) is 7.57. The van der Waals surface area contributed by atoms with Crippen LogP contribution in [0.2, 0.25) is 0 Å². The van der Waals surface area contributed by atoms with E-state index in [2.05, 4.69) is 20.8 Å². The Labute approximate surface area is 202 Å². The van der Waals surface area contributed by atoms with Gasteiger partial charge in [0, 0.05) is 18.8 Å². The molecule has 9 atom stereocenters. The predicted octanol–water partition coefficient (Wildman–Crippen LogP) is 6.41. The van der Waals surface area contributed by atoms with Gasteiger partial charge in [0.15, 0.2) is 0 Å². The van der Waals surface area contributed by atoms with E-state index in [-0.39, 0.29) is 17.3 Å². The van der Waals surface area contributed by atoms with Gasteiger partial charge < -0.3 is 14.9 Å². The van der Waals surface area contributed by atoms with E-state index in [1.807, 2.05) is 0 Å². The quantitative estimate of drug-likeness (QED) is 0.323. The molecule has 0 heterocycles. The smallest absolute Gasteiger partial charge is 0.303 e. The van der Waals surface area contributed by atoms with Crippen LogP contribution in [0.4, 0.5) is 0 Å². The molecule has 4 aliphatic rings. The van der Waals surface area contributed by atoms with Crippen molar-refractivity contribution in [3.8, 4) is 0 Å². The second-order valence-electron chi connectivity index (χ2n) is 12.8. The minimum Gasteiger partial charge on any atom is -0.459 e. The van der Waals surface area contributed by atoms with Gasteiger partial charge in [-0.15, -0.1) is 0 Å². The van der Waals surface area contributed by atoms with Crippen molar-refractivity contribution in [2.24, 2.45) is 34.5 Å². The lowest BCUT2D eigenvalue weighted by molar-refractivity contribution is -0.274. The lowest BCUT2D eigenvalue weighted by atomic mass is 9.42. The van der Waals surface area contributed by atoms with Crippen LogP contribution in [0.25, 0.3) is 0 Å². The second-order valence-corrected chi connectivity index (χ2v) is 12.8. The number of hydrogen-bond donors (Lipinski definition) is 2. The van der Waals surface area contributed by atoms with Gasteiger partial charge in [-0.3, -0.25) is 4.79 Å². The molecule has 0 saturated heterocycles. The van der Waals surface area contributed by atoms with Gasteiger partial charge in [-0.2, -0.15) is 0 Å². The number of esters is 1. The largest absolute Gasteiger partial charge is 0.459 e. The Bertz CT molecular complexity index is 693. The fourth-order valence-corrected chi connectivity index (χ4v) is 9.39. The van der Waals surface area contributed by atoms with E-state index in [1.165, 1.54) is 71.1 Å². The molecule has 4 heteroatoms. The molecular formula is C29H50O4. The van der Waals surface area contributed by atoms with Gasteiger partial charge in [0.25, 0.3) is 0 Å². The topological polar surface area (TPSA) is 66.8 Å². The first-order chi connectivity index (χ1) is 15.7. The molecule has 0 radical (unpaired) electrons. The summed E-state index contributed by atoms with van der Waals surface area (Å²) >= 11 is 0. The number of ether oxygens (including phenoxy) is 1. The zero-order chi connectivity index (χ0) is 23.9. The summed E-state index contributed by atoms with van der Waals surface area (Å²) in [6.07, 6.45) is 16.4. The third-order valence-corrected chi connectivity index (χ3v) is 11.2. The van der Waals surface area contributed by atoms with E-state index in [9.17, 15) is 15.0 Å². The number of rotatable bonds is 8. The minimum absolute atomic E-state index is 0.277. The summed E-state index contributed by atoms with van der Waals surface area (Å²) in [5.74, 6) is 1.62. The predicted molar refractivity (Wildman–Crippen MR) is 132 cm³/mol. The van der Waals surface area contributed by atoms with Crippen LogP contribution < -0.4 is 0 Å². The number of carbonyl (C=O) groups excluding carboxylic acids is 1. The van der Waals surface area contributed by atoms with Gasteiger partial charge in [0.1, 0.15) is 11.7 Å². The molecule has 0 unspecified atom stereocenters. The van der Waals surface area contributed by atoms with E-state index >= 15 is 0 Å². The van der Waals surface area contributed by atoms with Gasteiger partial charge in [0.2, 0.25) is 0 Å². The first-order valence-electron chi connectivity index (χ1n) is 14.2. The van der Waals surface area contributed by atoms with E-state index < -0.39 is 17.8 Å². The van der Waals surface area contributed by atoms with Crippen molar-refractivity contribution >= 4 is 5.97 Å². The van der Waals surface area contributed by atoms with Crippen molar-refractivity contribution in [3.05, 3.63) is 0 Å². The Balaban J connectivity index is 1.48. The van der Waals surface area contributed by atoms with Crippen molar-refractivity contribution in [2.45, 2.75) is 142 Å². The van der Waals surface area contributed by atoms with Crippen LogP contribution in [-0.2, 0) is 9.53 Å². The van der Waals surface area contributed by atoms with Crippen molar-refractivity contribution < 1.29 is 19.7 Å². The molecule has 0 bridgehead atoms. The Morgan fingerprint density at radius 2 is 1.70 bits per heavy atom. The van der Waals surface area contributed by atoms with Gasteiger partial charge in [-0.05, 0) is 80.5 Å². The fourth-order valence-electron chi connectivity index (χ4n) is 9.39. The molecule has 4 fully saturated rings. The molecule has 4 aliphatic carbocycles. The Morgan fingerprint density at radius 1 is 0.970 bits per heavy atom. The summed E-state index contributed by atoms with van der Waals surface area (Å²) in [6, 6.07) is 0. The standard InChI is InChI=1S/C29H50O4/c1-5-6-7-8-9-10-12-21-14-15-22-26-23(16-18-27(21,22)3)28(4)17-11-13-25(33-20(2)30)29(28,32)19-24(26)31/h21-26,31-32H,5-19H2,1-4H3/t21-,22-,23-,24+,25-,26-,27+,28+,29+/m0/s1. The fraction of sp³-hybridized carbons (Fsp3) is 0.966. The molecule has 4 nitrogen and oxygen atoms in total. The number of fused-ring (bicyclic) bond motifs is 5. The lowest BCUT2D eigenvalue weighted by Gasteiger charge is -2.65. The molecular weight excluding hydrogens is 412 g/mol. The van der Waals surface area contributed by atoms with E-state index in [4.69, 9.17) is 4.74 Å². The summed E-state index contributed by atoms with van der Waals surface area (Å²) in [7, 11) is 0. The molecule has 190 valence electrons. The minimum atomic E-state index is -1.11. The molecule has 0 aromatic carbocycles. The highest BCUT2D eigenvalue weighted by molar-refractivity contribution is 5.66. The van der Waals surface area contributed by atoms with E-state index in [0.29, 0.717) is 30.1 Å². The molecule has 0 spiro atoms. The maximum atomic E-state index is 12.0. The Hall–Kier alpha value is -0.610. The third-order valence-electron chi connectivity index (χ3n) is 11.2.